The van der Waals surface area contributed by atoms with Crippen molar-refractivity contribution in [2.45, 2.75) is 12.6 Å². The summed E-state index contributed by atoms with van der Waals surface area (Å²) in [7, 11) is 0. The quantitative estimate of drug-likeness (QED) is 0.725. The topological polar surface area (TPSA) is 81.8 Å². The Morgan fingerprint density at radius 3 is 2.94 bits per heavy atom. The van der Waals surface area contributed by atoms with Gasteiger partial charge in [0, 0.05) is 0 Å². The fraction of sp³-hybridized carbons (Fsp3) is 0.417. The van der Waals surface area contributed by atoms with Gasteiger partial charge in [-0.05, 0) is 17.7 Å². The molecule has 0 bridgehead atoms. The van der Waals surface area contributed by atoms with Gasteiger partial charge in [-0.2, -0.15) is 0 Å². The van der Waals surface area contributed by atoms with Crippen LogP contribution < -0.4 is 10.5 Å². The molecule has 0 heterocycles. The second-order valence-corrected chi connectivity index (χ2v) is 3.64. The Kier molecular flexibility index (Phi) is 6.10. The average molecular weight is 257 g/mol. The zero-order chi connectivity index (χ0) is 13.4. The lowest BCUT2D eigenvalue weighted by atomic mass is 10.2. The fourth-order valence-corrected chi connectivity index (χ4v) is 1.26. The van der Waals surface area contributed by atoms with Crippen molar-refractivity contribution >= 4 is 5.97 Å². The largest absolute Gasteiger partial charge is 0.491 e. The lowest BCUT2D eigenvalue weighted by molar-refractivity contribution is -0.140. The number of benzene rings is 1. The maximum absolute atomic E-state index is 11.9. The van der Waals surface area contributed by atoms with Crippen LogP contribution in [-0.2, 0) is 16.1 Å². The van der Waals surface area contributed by atoms with Crippen LogP contribution in [0.3, 0.4) is 0 Å². The highest BCUT2D eigenvalue weighted by Gasteiger charge is 2.10. The molecule has 0 saturated heterocycles. The van der Waals surface area contributed by atoms with Crippen molar-refractivity contribution in [3.05, 3.63) is 29.8 Å². The standard InChI is InChI=1S/C12H16FNO4/c13-4-5-18-10-3-1-2-9(6-10)7-17-8-11(14)12(15)16/h1-3,6,11H,4-5,7-8,14H2,(H,15,16). The second-order valence-electron chi connectivity index (χ2n) is 3.64. The summed E-state index contributed by atoms with van der Waals surface area (Å²) >= 11 is 0. The molecule has 0 saturated carbocycles. The number of nitrogens with two attached hydrogens (primary N) is 1. The monoisotopic (exact) mass is 257 g/mol. The van der Waals surface area contributed by atoms with E-state index >= 15 is 0 Å². The maximum atomic E-state index is 11.9. The van der Waals surface area contributed by atoms with Crippen molar-refractivity contribution in [3.63, 3.8) is 0 Å². The van der Waals surface area contributed by atoms with Gasteiger partial charge in [0.1, 0.15) is 25.1 Å². The molecular weight excluding hydrogens is 241 g/mol. The third-order valence-corrected chi connectivity index (χ3v) is 2.13. The molecule has 1 aromatic carbocycles. The molecule has 0 fully saturated rings. The summed E-state index contributed by atoms with van der Waals surface area (Å²) in [5.41, 5.74) is 6.09. The first-order valence-corrected chi connectivity index (χ1v) is 5.47. The van der Waals surface area contributed by atoms with Crippen LogP contribution in [0.4, 0.5) is 4.39 Å². The van der Waals surface area contributed by atoms with Crippen LogP contribution in [0.25, 0.3) is 0 Å². The second kappa shape index (κ2) is 7.62. The van der Waals surface area contributed by atoms with Crippen LogP contribution in [-0.4, -0.2) is 37.0 Å². The van der Waals surface area contributed by atoms with Crippen LogP contribution in [0.15, 0.2) is 24.3 Å². The SMILES string of the molecule is NC(COCc1cccc(OCCF)c1)C(=O)O. The van der Waals surface area contributed by atoms with E-state index in [2.05, 4.69) is 0 Å². The van der Waals surface area contributed by atoms with E-state index in [9.17, 15) is 9.18 Å². The molecule has 0 aliphatic heterocycles. The number of hydrogen-bond donors (Lipinski definition) is 2. The third-order valence-electron chi connectivity index (χ3n) is 2.13. The first kappa shape index (κ1) is 14.4. The van der Waals surface area contributed by atoms with E-state index in [0.717, 1.165) is 5.56 Å². The van der Waals surface area contributed by atoms with E-state index in [-0.39, 0.29) is 19.8 Å². The van der Waals surface area contributed by atoms with Crippen LogP contribution in [0.1, 0.15) is 5.56 Å². The molecule has 0 radical (unpaired) electrons. The van der Waals surface area contributed by atoms with Gasteiger partial charge < -0.3 is 20.3 Å². The Bertz CT molecular complexity index is 386. The molecule has 1 unspecified atom stereocenters. The number of hydrogen-bond acceptors (Lipinski definition) is 4. The fourth-order valence-electron chi connectivity index (χ4n) is 1.26. The Morgan fingerprint density at radius 1 is 1.50 bits per heavy atom. The number of carbonyl (C=O) groups is 1. The zero-order valence-corrected chi connectivity index (χ0v) is 9.84. The van der Waals surface area contributed by atoms with Crippen LogP contribution in [0.5, 0.6) is 5.75 Å². The summed E-state index contributed by atoms with van der Waals surface area (Å²) in [6.45, 7) is -0.374. The number of aliphatic carboxylic acids is 1. The average Bonchev–Trinajstić information content (AvgIpc) is 2.36. The van der Waals surface area contributed by atoms with Crippen molar-refractivity contribution in [1.29, 1.82) is 0 Å². The Hall–Kier alpha value is -1.66. The van der Waals surface area contributed by atoms with Gasteiger partial charge in [0.25, 0.3) is 0 Å². The van der Waals surface area contributed by atoms with Gasteiger partial charge in [-0.1, -0.05) is 12.1 Å². The molecule has 1 aromatic rings. The van der Waals surface area contributed by atoms with Crippen molar-refractivity contribution < 1.29 is 23.8 Å². The van der Waals surface area contributed by atoms with Crippen molar-refractivity contribution in [2.75, 3.05) is 19.9 Å². The van der Waals surface area contributed by atoms with Gasteiger partial charge in [-0.15, -0.1) is 0 Å². The van der Waals surface area contributed by atoms with E-state index in [1.54, 1.807) is 24.3 Å². The number of ether oxygens (including phenoxy) is 2. The van der Waals surface area contributed by atoms with Gasteiger partial charge in [0.15, 0.2) is 0 Å². The number of carboxylic acid groups (broad SMARTS) is 1. The Labute approximate surface area is 104 Å². The molecule has 1 rings (SSSR count). The summed E-state index contributed by atoms with van der Waals surface area (Å²) in [5, 5.41) is 8.56. The highest BCUT2D eigenvalue weighted by atomic mass is 19.1. The van der Waals surface area contributed by atoms with Gasteiger partial charge >= 0.3 is 5.97 Å². The zero-order valence-electron chi connectivity index (χ0n) is 9.84. The molecule has 0 aliphatic rings. The first-order valence-electron chi connectivity index (χ1n) is 5.47. The van der Waals surface area contributed by atoms with E-state index in [1.807, 2.05) is 0 Å². The maximum Gasteiger partial charge on any atom is 0.322 e. The van der Waals surface area contributed by atoms with Gasteiger partial charge in [0.2, 0.25) is 0 Å². The van der Waals surface area contributed by atoms with E-state index in [1.165, 1.54) is 0 Å². The molecule has 5 nitrogen and oxygen atoms in total. The van der Waals surface area contributed by atoms with Crippen molar-refractivity contribution in [2.24, 2.45) is 5.73 Å². The molecule has 6 heteroatoms. The summed E-state index contributed by atoms with van der Waals surface area (Å²) in [4.78, 5) is 10.5. The molecule has 0 spiro atoms. The molecule has 0 amide bonds. The Balaban J connectivity index is 2.40. The lowest BCUT2D eigenvalue weighted by Gasteiger charge is -2.09. The minimum Gasteiger partial charge on any atom is -0.491 e. The highest BCUT2D eigenvalue weighted by molar-refractivity contribution is 5.73. The summed E-state index contributed by atoms with van der Waals surface area (Å²) in [6, 6.07) is 5.94. The van der Waals surface area contributed by atoms with E-state index in [0.29, 0.717) is 5.75 Å². The Morgan fingerprint density at radius 2 is 2.28 bits per heavy atom. The minimum atomic E-state index is -1.10. The van der Waals surface area contributed by atoms with Gasteiger partial charge in [-0.3, -0.25) is 4.79 Å². The summed E-state index contributed by atoms with van der Waals surface area (Å²) in [5.74, 6) is -0.550. The normalized spacial score (nSPS) is 12.1. The van der Waals surface area contributed by atoms with Crippen molar-refractivity contribution in [1.82, 2.24) is 0 Å². The highest BCUT2D eigenvalue weighted by Crippen LogP contribution is 2.14. The number of rotatable bonds is 8. The first-order chi connectivity index (χ1) is 8.63. The molecule has 18 heavy (non-hydrogen) atoms. The van der Waals surface area contributed by atoms with E-state index < -0.39 is 18.7 Å². The van der Waals surface area contributed by atoms with Gasteiger partial charge in [-0.25, -0.2) is 4.39 Å². The number of carboxylic acids is 1. The van der Waals surface area contributed by atoms with E-state index in [4.69, 9.17) is 20.3 Å². The number of alkyl halides is 1. The minimum absolute atomic E-state index is 0.00813. The predicted octanol–water partition coefficient (Wildman–Crippen LogP) is 0.963. The van der Waals surface area contributed by atoms with Crippen molar-refractivity contribution in [3.8, 4) is 5.75 Å². The lowest BCUT2D eigenvalue weighted by Crippen LogP contribution is -2.34. The molecule has 100 valence electrons. The smallest absolute Gasteiger partial charge is 0.322 e. The molecule has 1 atom stereocenters. The molecule has 3 N–H and O–H groups in total. The number of halogens is 1. The molecule has 0 aliphatic carbocycles. The summed E-state index contributed by atoms with van der Waals surface area (Å²) < 4.78 is 22.2. The predicted molar refractivity (Wildman–Crippen MR) is 63.2 cm³/mol. The van der Waals surface area contributed by atoms with Crippen LogP contribution in [0.2, 0.25) is 0 Å². The third kappa shape index (κ3) is 5.11. The van der Waals surface area contributed by atoms with Crippen LogP contribution in [0, 0.1) is 0 Å². The molecular formula is C12H16FNO4. The van der Waals surface area contributed by atoms with Crippen LogP contribution >= 0.6 is 0 Å². The molecule has 0 aromatic heterocycles. The summed E-state index contributed by atoms with van der Waals surface area (Å²) in [6.07, 6.45) is 0. The van der Waals surface area contributed by atoms with Gasteiger partial charge in [0.05, 0.1) is 13.2 Å².